The Bertz CT molecular complexity index is 1440. The number of anilines is 1. The third kappa shape index (κ3) is 4.08. The Morgan fingerprint density at radius 2 is 1.88 bits per heavy atom. The average molecular weight is 459 g/mol. The third-order valence-electron chi connectivity index (χ3n) is 5.37. The number of rotatable bonds is 6. The highest BCUT2D eigenvalue weighted by atomic mass is 16.6. The van der Waals surface area contributed by atoms with Crippen LogP contribution in [0.3, 0.4) is 0 Å². The Morgan fingerprint density at radius 3 is 2.62 bits per heavy atom. The van der Waals surface area contributed by atoms with Gasteiger partial charge in [-0.3, -0.25) is 14.9 Å². The minimum atomic E-state index is -0.669. The third-order valence-corrected chi connectivity index (χ3v) is 5.37. The lowest BCUT2D eigenvalue weighted by Gasteiger charge is -2.13. The van der Waals surface area contributed by atoms with Gasteiger partial charge in [-0.25, -0.2) is 9.78 Å². The molecule has 0 aliphatic carbocycles. The highest BCUT2D eigenvalue weighted by molar-refractivity contribution is 6.08. The number of aryl methyl sites for hydroxylation is 1. The van der Waals surface area contributed by atoms with Crippen molar-refractivity contribution in [2.75, 3.05) is 11.9 Å². The predicted molar refractivity (Wildman–Crippen MR) is 125 cm³/mol. The maximum atomic E-state index is 13.2. The average Bonchev–Trinajstić information content (AvgIpc) is 3.22. The second kappa shape index (κ2) is 9.10. The Balaban J connectivity index is 1.83. The van der Waals surface area contributed by atoms with Gasteiger partial charge in [0.25, 0.3) is 11.6 Å². The number of carbonyl (C=O) groups is 2. The molecule has 0 radical (unpaired) electrons. The zero-order valence-corrected chi connectivity index (χ0v) is 18.7. The van der Waals surface area contributed by atoms with Gasteiger partial charge in [-0.05, 0) is 44.5 Å². The molecule has 0 atom stereocenters. The number of fused-ring (bicyclic) bond motifs is 1. The van der Waals surface area contributed by atoms with Crippen LogP contribution in [0.2, 0.25) is 0 Å². The van der Waals surface area contributed by atoms with Gasteiger partial charge >= 0.3 is 5.97 Å². The molecule has 0 fully saturated rings. The Labute approximate surface area is 194 Å². The highest BCUT2D eigenvalue weighted by Crippen LogP contribution is 2.26. The van der Waals surface area contributed by atoms with E-state index in [9.17, 15) is 19.7 Å². The van der Waals surface area contributed by atoms with Crippen molar-refractivity contribution >= 4 is 34.3 Å². The Kier molecular flexibility index (Phi) is 6.05. The summed E-state index contributed by atoms with van der Waals surface area (Å²) in [6.45, 7) is 5.22. The maximum Gasteiger partial charge on any atom is 0.343 e. The zero-order chi connectivity index (χ0) is 24.4. The summed E-state index contributed by atoms with van der Waals surface area (Å²) in [5, 5.41) is 19.2. The van der Waals surface area contributed by atoms with Crippen LogP contribution in [0.5, 0.6) is 0 Å². The summed E-state index contributed by atoms with van der Waals surface area (Å²) in [7, 11) is 0. The van der Waals surface area contributed by atoms with Crippen molar-refractivity contribution in [3.63, 3.8) is 0 Å². The summed E-state index contributed by atoms with van der Waals surface area (Å²) in [6, 6.07) is 13.6. The van der Waals surface area contributed by atoms with Gasteiger partial charge in [0.05, 0.1) is 23.2 Å². The normalized spacial score (nSPS) is 10.8. The summed E-state index contributed by atoms with van der Waals surface area (Å²) < 4.78 is 6.46. The van der Waals surface area contributed by atoms with Crippen molar-refractivity contribution in [2.45, 2.75) is 20.8 Å². The molecule has 0 saturated carbocycles. The van der Waals surface area contributed by atoms with Crippen molar-refractivity contribution in [3.8, 4) is 5.82 Å². The van der Waals surface area contributed by atoms with E-state index in [1.54, 1.807) is 13.0 Å². The number of carbonyl (C=O) groups excluding carboxylic acids is 2. The van der Waals surface area contributed by atoms with E-state index >= 15 is 0 Å². The molecule has 2 aromatic heterocycles. The summed E-state index contributed by atoms with van der Waals surface area (Å²) in [5.41, 5.74) is 1.80. The minimum Gasteiger partial charge on any atom is -0.462 e. The minimum absolute atomic E-state index is 0.0332. The van der Waals surface area contributed by atoms with E-state index in [2.05, 4.69) is 15.4 Å². The lowest BCUT2D eigenvalue weighted by molar-refractivity contribution is -0.385. The van der Waals surface area contributed by atoms with Crippen LogP contribution in [0, 0.1) is 24.0 Å². The predicted octanol–water partition coefficient (Wildman–Crippen LogP) is 4.37. The van der Waals surface area contributed by atoms with Crippen LogP contribution in [0.4, 0.5) is 11.5 Å². The molecule has 1 N–H and O–H groups in total. The van der Waals surface area contributed by atoms with Gasteiger partial charge in [0.1, 0.15) is 5.56 Å². The molecule has 0 saturated heterocycles. The van der Waals surface area contributed by atoms with Gasteiger partial charge in [0.2, 0.25) is 0 Å². The van der Waals surface area contributed by atoms with Crippen molar-refractivity contribution in [1.82, 2.24) is 14.8 Å². The molecule has 0 bridgehead atoms. The van der Waals surface area contributed by atoms with Crippen LogP contribution in [0.25, 0.3) is 16.7 Å². The maximum absolute atomic E-state index is 13.2. The number of aromatic nitrogens is 3. The van der Waals surface area contributed by atoms with E-state index < -0.39 is 16.8 Å². The van der Waals surface area contributed by atoms with Crippen LogP contribution in [-0.4, -0.2) is 38.2 Å². The van der Waals surface area contributed by atoms with Crippen LogP contribution >= 0.6 is 0 Å². The second-order valence-electron chi connectivity index (χ2n) is 7.51. The summed E-state index contributed by atoms with van der Waals surface area (Å²) in [6.07, 6.45) is 1.29. The number of nitrogens with zero attached hydrogens (tertiary/aromatic N) is 4. The van der Waals surface area contributed by atoms with Gasteiger partial charge in [-0.15, -0.1) is 0 Å². The number of para-hydroxylation sites is 1. The first-order valence-corrected chi connectivity index (χ1v) is 10.5. The number of hydrogen-bond donors (Lipinski definition) is 1. The van der Waals surface area contributed by atoms with E-state index in [-0.39, 0.29) is 34.8 Å². The fraction of sp³-hybridized carbons (Fsp3) is 0.167. The van der Waals surface area contributed by atoms with Crippen LogP contribution in [0.15, 0.2) is 54.7 Å². The summed E-state index contributed by atoms with van der Waals surface area (Å²) in [5.74, 6) is -0.863. The first kappa shape index (κ1) is 22.6. The highest BCUT2D eigenvalue weighted by Gasteiger charge is 2.25. The Morgan fingerprint density at radius 1 is 1.12 bits per heavy atom. The number of amides is 1. The molecule has 172 valence electrons. The van der Waals surface area contributed by atoms with E-state index in [1.165, 1.54) is 36.0 Å². The SMILES string of the molecule is CCOC(=O)c1cnn(-c2cc(C)c3ccccc3n2)c1NC(=O)c1cccc([N+](=O)[O-])c1C. The van der Waals surface area contributed by atoms with Crippen LogP contribution in [-0.2, 0) is 4.74 Å². The van der Waals surface area contributed by atoms with Crippen molar-refractivity contribution in [1.29, 1.82) is 0 Å². The molecule has 4 aromatic rings. The van der Waals surface area contributed by atoms with E-state index in [1.807, 2.05) is 31.2 Å². The van der Waals surface area contributed by atoms with Gasteiger partial charge in [0, 0.05) is 22.6 Å². The molecule has 2 aromatic carbocycles. The largest absolute Gasteiger partial charge is 0.462 e. The van der Waals surface area contributed by atoms with Crippen LogP contribution in [0.1, 0.15) is 38.8 Å². The topological polar surface area (TPSA) is 129 Å². The first-order chi connectivity index (χ1) is 16.3. The number of nitrogens with one attached hydrogen (secondary N) is 1. The van der Waals surface area contributed by atoms with E-state index in [4.69, 9.17) is 4.74 Å². The monoisotopic (exact) mass is 459 g/mol. The van der Waals surface area contributed by atoms with Gasteiger partial charge in [0.15, 0.2) is 11.6 Å². The van der Waals surface area contributed by atoms with Crippen molar-refractivity contribution in [3.05, 3.63) is 87.1 Å². The van der Waals surface area contributed by atoms with Crippen molar-refractivity contribution in [2.24, 2.45) is 0 Å². The lowest BCUT2D eigenvalue weighted by atomic mass is 10.1. The fourth-order valence-corrected chi connectivity index (χ4v) is 3.68. The number of benzene rings is 2. The molecular formula is C24H21N5O5. The number of pyridine rings is 1. The molecule has 10 nitrogen and oxygen atoms in total. The molecule has 4 rings (SSSR count). The molecule has 34 heavy (non-hydrogen) atoms. The quantitative estimate of drug-likeness (QED) is 0.257. The van der Waals surface area contributed by atoms with Crippen LogP contribution < -0.4 is 5.32 Å². The molecule has 0 unspecified atom stereocenters. The zero-order valence-electron chi connectivity index (χ0n) is 18.7. The number of nitro benzene ring substituents is 1. The van der Waals surface area contributed by atoms with E-state index in [0.29, 0.717) is 5.82 Å². The number of nitro groups is 1. The fourth-order valence-electron chi connectivity index (χ4n) is 3.68. The standard InChI is InChI=1S/C24H21N5O5/c1-4-34-24(31)18-13-25-28(21-12-14(2)16-8-5-6-10-19(16)26-21)22(18)27-23(30)17-9-7-11-20(15(17)3)29(32)33/h5-13H,4H2,1-3H3,(H,27,30). The Hall–Kier alpha value is -4.60. The van der Waals surface area contributed by atoms with Gasteiger partial charge < -0.3 is 10.1 Å². The number of esters is 1. The smallest absolute Gasteiger partial charge is 0.343 e. The molecule has 1 amide bonds. The molecule has 10 heteroatoms. The summed E-state index contributed by atoms with van der Waals surface area (Å²) in [4.78, 5) is 41.1. The van der Waals surface area contributed by atoms with Gasteiger partial charge in [-0.2, -0.15) is 9.78 Å². The molecule has 0 spiro atoms. The molecule has 0 aliphatic heterocycles. The number of hydrogen-bond acceptors (Lipinski definition) is 7. The second-order valence-corrected chi connectivity index (χ2v) is 7.51. The lowest BCUT2D eigenvalue weighted by Crippen LogP contribution is -2.19. The van der Waals surface area contributed by atoms with Crippen molar-refractivity contribution < 1.29 is 19.2 Å². The first-order valence-electron chi connectivity index (χ1n) is 10.5. The molecule has 0 aliphatic rings. The van der Waals surface area contributed by atoms with Gasteiger partial charge in [-0.1, -0.05) is 24.3 Å². The molecule has 2 heterocycles. The molecular weight excluding hydrogens is 438 g/mol. The van der Waals surface area contributed by atoms with E-state index in [0.717, 1.165) is 16.5 Å². The number of ether oxygens (including phenoxy) is 1. The summed E-state index contributed by atoms with van der Waals surface area (Å²) >= 11 is 0.